The van der Waals surface area contributed by atoms with E-state index < -0.39 is 35.0 Å². The summed E-state index contributed by atoms with van der Waals surface area (Å²) in [5.41, 5.74) is -3.70. The van der Waals surface area contributed by atoms with Crippen molar-refractivity contribution in [2.75, 3.05) is 13.1 Å². The van der Waals surface area contributed by atoms with Crippen molar-refractivity contribution >= 4 is 5.91 Å². The molecule has 1 aromatic rings. The van der Waals surface area contributed by atoms with E-state index >= 15 is 0 Å². The van der Waals surface area contributed by atoms with Gasteiger partial charge in [-0.1, -0.05) is 0 Å². The second-order valence-electron chi connectivity index (χ2n) is 5.49. The van der Waals surface area contributed by atoms with Gasteiger partial charge in [-0.15, -0.1) is 0 Å². The van der Waals surface area contributed by atoms with Crippen molar-refractivity contribution in [2.24, 2.45) is 5.92 Å². The topological polar surface area (TPSA) is 44.1 Å². The summed E-state index contributed by atoms with van der Waals surface area (Å²) in [7, 11) is 0. The van der Waals surface area contributed by atoms with Gasteiger partial charge in [-0.05, 0) is 31.0 Å². The number of piperidine rings is 1. The van der Waals surface area contributed by atoms with Crippen LogP contribution in [-0.4, -0.2) is 23.9 Å². The Morgan fingerprint density at radius 2 is 1.46 bits per heavy atom. The summed E-state index contributed by atoms with van der Waals surface area (Å²) in [6, 6.07) is 2.86. The molecule has 0 spiro atoms. The number of nitrogens with zero attached hydrogens (tertiary/aromatic N) is 2. The third-order valence-corrected chi connectivity index (χ3v) is 3.80. The van der Waals surface area contributed by atoms with E-state index in [2.05, 4.69) is 0 Å². The normalized spacial score (nSPS) is 16.8. The van der Waals surface area contributed by atoms with Gasteiger partial charge in [0.05, 0.1) is 17.2 Å². The highest BCUT2D eigenvalue weighted by molar-refractivity contribution is 5.94. The van der Waals surface area contributed by atoms with Crippen LogP contribution in [0.4, 0.5) is 26.3 Å². The van der Waals surface area contributed by atoms with Crippen LogP contribution in [0.2, 0.25) is 0 Å². The van der Waals surface area contributed by atoms with E-state index in [1.54, 1.807) is 0 Å². The third-order valence-electron chi connectivity index (χ3n) is 3.80. The van der Waals surface area contributed by atoms with Crippen LogP contribution in [0.1, 0.15) is 34.3 Å². The molecule has 1 saturated heterocycles. The molecule has 1 heterocycles. The Labute approximate surface area is 133 Å². The highest BCUT2D eigenvalue weighted by Gasteiger charge is 2.38. The minimum atomic E-state index is -5.00. The molecule has 0 saturated carbocycles. The fourth-order valence-corrected chi connectivity index (χ4v) is 2.47. The zero-order valence-electron chi connectivity index (χ0n) is 12.2. The van der Waals surface area contributed by atoms with Gasteiger partial charge < -0.3 is 4.90 Å². The van der Waals surface area contributed by atoms with Crippen LogP contribution >= 0.6 is 0 Å². The summed E-state index contributed by atoms with van der Waals surface area (Å²) in [6.45, 7) is 0.239. The predicted molar refractivity (Wildman–Crippen MR) is 70.7 cm³/mol. The Balaban J connectivity index is 2.35. The Morgan fingerprint density at radius 3 is 1.83 bits per heavy atom. The lowest BCUT2D eigenvalue weighted by atomic mass is 9.97. The molecule has 0 N–H and O–H groups in total. The molecule has 130 valence electrons. The van der Waals surface area contributed by atoms with Crippen LogP contribution in [0.25, 0.3) is 0 Å². The molecule has 0 unspecified atom stereocenters. The van der Waals surface area contributed by atoms with Crippen molar-refractivity contribution in [1.29, 1.82) is 5.26 Å². The van der Waals surface area contributed by atoms with Crippen molar-refractivity contribution in [2.45, 2.75) is 25.2 Å². The van der Waals surface area contributed by atoms with Crippen LogP contribution in [0.3, 0.4) is 0 Å². The third kappa shape index (κ3) is 3.99. The lowest BCUT2D eigenvalue weighted by Crippen LogP contribution is -2.38. The molecular formula is C15H12F6N2O. The molecule has 24 heavy (non-hydrogen) atoms. The Hall–Kier alpha value is -2.24. The molecule has 1 aliphatic heterocycles. The Bertz CT molecular complexity index is 634. The van der Waals surface area contributed by atoms with Crippen LogP contribution in [0, 0.1) is 17.2 Å². The van der Waals surface area contributed by atoms with Gasteiger partial charge in [-0.2, -0.15) is 31.6 Å². The van der Waals surface area contributed by atoms with E-state index in [1.807, 2.05) is 6.07 Å². The summed E-state index contributed by atoms with van der Waals surface area (Å²) in [5.74, 6) is -1.16. The second kappa shape index (κ2) is 6.34. The summed E-state index contributed by atoms with van der Waals surface area (Å²) in [4.78, 5) is 13.4. The fourth-order valence-electron chi connectivity index (χ4n) is 2.47. The molecule has 2 rings (SSSR count). The molecule has 3 nitrogen and oxygen atoms in total. The lowest BCUT2D eigenvalue weighted by Gasteiger charge is -2.29. The van der Waals surface area contributed by atoms with E-state index in [1.165, 1.54) is 4.90 Å². The molecular weight excluding hydrogens is 338 g/mol. The number of carbonyl (C=O) groups excluding carboxylic acids is 1. The summed E-state index contributed by atoms with van der Waals surface area (Å²) >= 11 is 0. The summed E-state index contributed by atoms with van der Waals surface area (Å²) < 4.78 is 76.9. The highest BCUT2D eigenvalue weighted by atomic mass is 19.4. The minimum absolute atomic E-state index is 0.0152. The number of carbonyl (C=O) groups is 1. The molecule has 0 aromatic heterocycles. The van der Waals surface area contributed by atoms with Gasteiger partial charge in [0.1, 0.15) is 0 Å². The van der Waals surface area contributed by atoms with Crippen LogP contribution in [-0.2, 0) is 12.4 Å². The fraction of sp³-hybridized carbons (Fsp3) is 0.467. The minimum Gasteiger partial charge on any atom is -0.339 e. The SMILES string of the molecule is N#CC1CCN(C(=O)c2cc(C(F)(F)F)cc(C(F)(F)F)c2)CC1. The maximum absolute atomic E-state index is 12.8. The van der Waals surface area contributed by atoms with Gasteiger partial charge in [-0.25, -0.2) is 0 Å². The number of hydrogen-bond donors (Lipinski definition) is 0. The quantitative estimate of drug-likeness (QED) is 0.716. The van der Waals surface area contributed by atoms with E-state index in [-0.39, 0.29) is 25.1 Å². The van der Waals surface area contributed by atoms with E-state index in [9.17, 15) is 31.1 Å². The van der Waals surface area contributed by atoms with Crippen LogP contribution < -0.4 is 0 Å². The zero-order chi connectivity index (χ0) is 18.1. The summed E-state index contributed by atoms with van der Waals surface area (Å²) in [5, 5.41) is 8.78. The first kappa shape index (κ1) is 18.1. The molecule has 0 bridgehead atoms. The van der Waals surface area contributed by atoms with Gasteiger partial charge in [0, 0.05) is 24.6 Å². The molecule has 0 radical (unpaired) electrons. The molecule has 0 atom stereocenters. The predicted octanol–water partition coefficient (Wildman–Crippen LogP) is 4.10. The molecule has 1 aliphatic rings. The van der Waals surface area contributed by atoms with Crippen molar-refractivity contribution < 1.29 is 31.1 Å². The number of nitriles is 1. The molecule has 1 fully saturated rings. The van der Waals surface area contributed by atoms with Crippen LogP contribution in [0.5, 0.6) is 0 Å². The maximum atomic E-state index is 12.8. The van der Waals surface area contributed by atoms with Crippen molar-refractivity contribution in [3.8, 4) is 6.07 Å². The molecule has 1 aromatic carbocycles. The Kier molecular flexibility index (Phi) is 4.78. The van der Waals surface area contributed by atoms with Crippen molar-refractivity contribution in [3.63, 3.8) is 0 Å². The second-order valence-corrected chi connectivity index (χ2v) is 5.49. The van der Waals surface area contributed by atoms with Gasteiger partial charge in [0.2, 0.25) is 0 Å². The lowest BCUT2D eigenvalue weighted by molar-refractivity contribution is -0.143. The van der Waals surface area contributed by atoms with E-state index in [4.69, 9.17) is 5.26 Å². The van der Waals surface area contributed by atoms with Gasteiger partial charge in [0.15, 0.2) is 0 Å². The van der Waals surface area contributed by atoms with Gasteiger partial charge in [0.25, 0.3) is 5.91 Å². The van der Waals surface area contributed by atoms with E-state index in [0.29, 0.717) is 25.0 Å². The highest BCUT2D eigenvalue weighted by Crippen LogP contribution is 2.36. The standard InChI is InChI=1S/C15H12F6N2O/c16-14(17,18)11-5-10(6-12(7-11)15(19,20)21)13(24)23-3-1-9(8-22)2-4-23/h5-7,9H,1-4H2. The summed E-state index contributed by atoms with van der Waals surface area (Å²) in [6.07, 6.45) is -9.31. The smallest absolute Gasteiger partial charge is 0.339 e. The number of rotatable bonds is 1. The number of alkyl halides is 6. The first-order chi connectivity index (χ1) is 11.0. The van der Waals surface area contributed by atoms with Crippen LogP contribution in [0.15, 0.2) is 18.2 Å². The number of benzene rings is 1. The van der Waals surface area contributed by atoms with Crippen molar-refractivity contribution in [1.82, 2.24) is 4.90 Å². The number of hydrogen-bond acceptors (Lipinski definition) is 2. The Morgan fingerprint density at radius 1 is 1.00 bits per heavy atom. The first-order valence-corrected chi connectivity index (χ1v) is 7.00. The zero-order valence-corrected chi connectivity index (χ0v) is 12.2. The largest absolute Gasteiger partial charge is 0.416 e. The van der Waals surface area contributed by atoms with Gasteiger partial charge in [-0.3, -0.25) is 4.79 Å². The van der Waals surface area contributed by atoms with Gasteiger partial charge >= 0.3 is 12.4 Å². The molecule has 9 heteroatoms. The first-order valence-electron chi connectivity index (χ1n) is 7.00. The average Bonchev–Trinajstić information content (AvgIpc) is 2.52. The molecule has 0 aliphatic carbocycles. The maximum Gasteiger partial charge on any atom is 0.416 e. The monoisotopic (exact) mass is 350 g/mol. The van der Waals surface area contributed by atoms with Crippen molar-refractivity contribution in [3.05, 3.63) is 34.9 Å². The number of amides is 1. The number of halogens is 6. The van der Waals surface area contributed by atoms with E-state index in [0.717, 1.165) is 0 Å². The average molecular weight is 350 g/mol. The molecule has 1 amide bonds. The number of likely N-dealkylation sites (tertiary alicyclic amines) is 1.